The van der Waals surface area contributed by atoms with Gasteiger partial charge in [-0.05, 0) is 36.8 Å². The van der Waals surface area contributed by atoms with Crippen LogP contribution in [0, 0.1) is 0 Å². The van der Waals surface area contributed by atoms with Crippen molar-refractivity contribution < 1.29 is 23.5 Å². The summed E-state index contributed by atoms with van der Waals surface area (Å²) >= 11 is 1.20. The number of hydrogen-bond donors (Lipinski definition) is 2. The smallest absolute Gasteiger partial charge is 0.259 e. The summed E-state index contributed by atoms with van der Waals surface area (Å²) in [7, 11) is 1.57. The Morgan fingerprint density at radius 3 is 2.65 bits per heavy atom. The Balaban J connectivity index is 1.30. The van der Waals surface area contributed by atoms with E-state index in [1.165, 1.54) is 16.7 Å². The molecule has 0 saturated heterocycles. The summed E-state index contributed by atoms with van der Waals surface area (Å²) in [6, 6.07) is 17.4. The third-order valence-corrected chi connectivity index (χ3v) is 7.84. The van der Waals surface area contributed by atoms with E-state index in [1.807, 2.05) is 55.5 Å². The van der Waals surface area contributed by atoms with Gasteiger partial charge in [-0.3, -0.25) is 19.4 Å². The molecule has 0 fully saturated rings. The predicted molar refractivity (Wildman–Crippen MR) is 152 cm³/mol. The number of amides is 3. The largest absolute Gasteiger partial charge is 0.496 e. The zero-order chi connectivity index (χ0) is 28.1. The van der Waals surface area contributed by atoms with E-state index in [2.05, 4.69) is 15.6 Å². The number of amidine groups is 2. The van der Waals surface area contributed by atoms with Crippen molar-refractivity contribution in [3.05, 3.63) is 83.8 Å². The number of furan rings is 1. The first kappa shape index (κ1) is 27.2. The molecule has 2 aliphatic rings. The van der Waals surface area contributed by atoms with Gasteiger partial charge in [-0.25, -0.2) is 9.89 Å². The molecule has 0 spiro atoms. The third-order valence-electron chi connectivity index (χ3n) is 6.52. The zero-order valence-corrected chi connectivity index (χ0v) is 22.9. The number of ether oxygens (including phenoxy) is 1. The molecule has 11 heteroatoms. The minimum absolute atomic E-state index is 0.116. The summed E-state index contributed by atoms with van der Waals surface area (Å²) in [5, 5.41) is 5.60. The monoisotopic (exact) mass is 559 g/mol. The third kappa shape index (κ3) is 5.79. The van der Waals surface area contributed by atoms with Crippen molar-refractivity contribution in [1.82, 2.24) is 15.5 Å². The molecule has 2 atom stereocenters. The minimum atomic E-state index is -0.905. The summed E-state index contributed by atoms with van der Waals surface area (Å²) in [6.45, 7) is 2.43. The van der Waals surface area contributed by atoms with Crippen LogP contribution in [0.2, 0.25) is 0 Å². The second-order valence-corrected chi connectivity index (χ2v) is 10.3. The lowest BCUT2D eigenvalue weighted by atomic mass is 10.1. The topological polar surface area (TPSA) is 126 Å². The van der Waals surface area contributed by atoms with Crippen molar-refractivity contribution in [3.8, 4) is 5.75 Å². The van der Waals surface area contributed by atoms with Crippen LogP contribution in [0.15, 0.2) is 81.3 Å². The molecule has 3 heterocycles. The van der Waals surface area contributed by atoms with Gasteiger partial charge in [-0.2, -0.15) is 0 Å². The summed E-state index contributed by atoms with van der Waals surface area (Å²) in [5.41, 5.74) is 2.18. The van der Waals surface area contributed by atoms with Crippen LogP contribution in [0.25, 0.3) is 0 Å². The molecule has 5 rings (SSSR count). The Bertz CT molecular complexity index is 1470. The molecule has 0 saturated carbocycles. The average molecular weight is 560 g/mol. The number of fused-ring (bicyclic) bond motifs is 3. The Hall–Kier alpha value is -4.38. The summed E-state index contributed by atoms with van der Waals surface area (Å²) in [5.74, 6) is 0.901. The van der Waals surface area contributed by atoms with Crippen molar-refractivity contribution in [3.63, 3.8) is 0 Å². The molecule has 206 valence electrons. The van der Waals surface area contributed by atoms with Crippen LogP contribution < -0.4 is 15.4 Å². The summed E-state index contributed by atoms with van der Waals surface area (Å²) < 4.78 is 10.6. The molecule has 40 heavy (non-hydrogen) atoms. The maximum atomic E-state index is 13.6. The number of carbonyl (C=O) groups excluding carboxylic acids is 3. The van der Waals surface area contributed by atoms with E-state index in [0.29, 0.717) is 40.2 Å². The molecule has 2 N–H and O–H groups in total. The molecule has 0 aliphatic carbocycles. The van der Waals surface area contributed by atoms with Gasteiger partial charge in [-0.1, -0.05) is 49.0 Å². The quantitative estimate of drug-likeness (QED) is 0.390. The zero-order valence-electron chi connectivity index (χ0n) is 22.1. The van der Waals surface area contributed by atoms with E-state index in [0.717, 1.165) is 5.56 Å². The van der Waals surface area contributed by atoms with Crippen LogP contribution in [0.3, 0.4) is 0 Å². The minimum Gasteiger partial charge on any atom is -0.496 e. The second kappa shape index (κ2) is 12.2. The van der Waals surface area contributed by atoms with Gasteiger partial charge in [-0.15, -0.1) is 0 Å². The van der Waals surface area contributed by atoms with Crippen molar-refractivity contribution in [2.75, 3.05) is 7.11 Å². The molecule has 0 radical (unpaired) electrons. The first-order chi connectivity index (χ1) is 19.5. The van der Waals surface area contributed by atoms with E-state index in [4.69, 9.17) is 14.1 Å². The predicted octanol–water partition coefficient (Wildman–Crippen LogP) is 3.78. The number of rotatable bonds is 10. The van der Waals surface area contributed by atoms with E-state index in [9.17, 15) is 14.4 Å². The second-order valence-electron chi connectivity index (χ2n) is 9.16. The van der Waals surface area contributed by atoms with Gasteiger partial charge in [0.1, 0.15) is 23.4 Å². The van der Waals surface area contributed by atoms with Gasteiger partial charge in [0.25, 0.3) is 5.91 Å². The fourth-order valence-electron chi connectivity index (χ4n) is 4.46. The maximum absolute atomic E-state index is 13.6. The fourth-order valence-corrected chi connectivity index (χ4v) is 5.50. The molecule has 0 bridgehead atoms. The lowest BCUT2D eigenvalue weighted by Crippen LogP contribution is -2.43. The lowest BCUT2D eigenvalue weighted by molar-refractivity contribution is -0.128. The highest BCUT2D eigenvalue weighted by Gasteiger charge is 2.43. The van der Waals surface area contributed by atoms with Gasteiger partial charge in [0, 0.05) is 17.7 Å². The Kier molecular flexibility index (Phi) is 8.30. The molecule has 2 aromatic carbocycles. The Morgan fingerprint density at radius 1 is 1.07 bits per heavy atom. The number of benzene rings is 2. The van der Waals surface area contributed by atoms with Crippen molar-refractivity contribution >= 4 is 46.2 Å². The van der Waals surface area contributed by atoms with Gasteiger partial charge in [0.15, 0.2) is 5.17 Å². The highest BCUT2D eigenvalue weighted by molar-refractivity contribution is 8.15. The number of nitrogens with zero attached hydrogens (tertiary/aromatic N) is 3. The van der Waals surface area contributed by atoms with Crippen LogP contribution in [0.1, 0.15) is 36.7 Å². The number of thioether (sulfide) groups is 1. The Morgan fingerprint density at radius 2 is 1.88 bits per heavy atom. The standard InChI is InChI=1S/C29H29N5O5S/c1-3-24(27(36)31-17-19-10-8-14-39-19)40-29-33-21-12-6-5-11-20(21)26-32-22(28(37)34(26)29)15-25(35)30-16-18-9-4-7-13-23(18)38-2/h4-14,22,24H,3,15-17H2,1-2H3,(H,30,35)(H,31,36)/t22-,24-/m0/s1. The lowest BCUT2D eigenvalue weighted by Gasteiger charge is -2.27. The molecule has 2 aliphatic heterocycles. The van der Waals surface area contributed by atoms with E-state index in [1.54, 1.807) is 25.5 Å². The average Bonchev–Trinajstić information content (AvgIpc) is 3.62. The number of para-hydroxylation sites is 2. The van der Waals surface area contributed by atoms with Gasteiger partial charge in [0.2, 0.25) is 11.8 Å². The molecule has 3 amide bonds. The SMILES string of the molecule is CC[C@H](SC1=Nc2ccccc2C2=N[C@@H](CC(=O)NCc3ccccc3OC)C(=O)N12)C(=O)NCc1ccco1. The van der Waals surface area contributed by atoms with E-state index < -0.39 is 11.3 Å². The van der Waals surface area contributed by atoms with E-state index >= 15 is 0 Å². The molecule has 3 aromatic rings. The maximum Gasteiger partial charge on any atom is 0.259 e. The van der Waals surface area contributed by atoms with Gasteiger partial charge < -0.3 is 19.8 Å². The highest BCUT2D eigenvalue weighted by Crippen LogP contribution is 2.35. The van der Waals surface area contributed by atoms with E-state index in [-0.39, 0.29) is 37.2 Å². The fraction of sp³-hybridized carbons (Fsp3) is 0.276. The van der Waals surface area contributed by atoms with Gasteiger partial charge >= 0.3 is 0 Å². The molecule has 10 nitrogen and oxygen atoms in total. The van der Waals surface area contributed by atoms with Crippen molar-refractivity contribution in [2.45, 2.75) is 44.1 Å². The van der Waals surface area contributed by atoms with Crippen LogP contribution in [0.5, 0.6) is 5.75 Å². The van der Waals surface area contributed by atoms with Crippen LogP contribution in [0.4, 0.5) is 5.69 Å². The first-order valence-corrected chi connectivity index (χ1v) is 13.8. The molecule has 1 aromatic heterocycles. The Labute approximate surface area is 235 Å². The normalized spacial score (nSPS) is 16.4. The number of aliphatic imine (C=N–C) groups is 2. The van der Waals surface area contributed by atoms with Crippen LogP contribution >= 0.6 is 11.8 Å². The highest BCUT2D eigenvalue weighted by atomic mass is 32.2. The molecule has 0 unspecified atom stereocenters. The van der Waals surface area contributed by atoms with Crippen LogP contribution in [-0.4, -0.2) is 52.0 Å². The number of carbonyl (C=O) groups is 3. The number of hydrogen-bond acceptors (Lipinski definition) is 8. The van der Waals surface area contributed by atoms with Gasteiger partial charge in [0.05, 0.1) is 37.3 Å². The molecular formula is C29H29N5O5S. The summed E-state index contributed by atoms with van der Waals surface area (Å²) in [4.78, 5) is 50.2. The number of nitrogens with one attached hydrogen (secondary N) is 2. The van der Waals surface area contributed by atoms with Crippen molar-refractivity contribution in [1.29, 1.82) is 0 Å². The van der Waals surface area contributed by atoms with Crippen LogP contribution in [-0.2, 0) is 27.5 Å². The summed E-state index contributed by atoms with van der Waals surface area (Å²) in [6.07, 6.45) is 1.95. The first-order valence-electron chi connectivity index (χ1n) is 12.9. The molecular weight excluding hydrogens is 530 g/mol. The van der Waals surface area contributed by atoms with Crippen molar-refractivity contribution in [2.24, 2.45) is 9.98 Å². The number of methoxy groups -OCH3 is 1.